The second-order valence-corrected chi connectivity index (χ2v) is 10.9. The highest BCUT2D eigenvalue weighted by atomic mass is 16.6. The number of aromatic hydroxyl groups is 1. The Morgan fingerprint density at radius 2 is 1.92 bits per heavy atom. The first-order valence-corrected chi connectivity index (χ1v) is 13.6. The molecule has 2 fully saturated rings. The number of hydrogen-bond acceptors (Lipinski definition) is 6. The largest absolute Gasteiger partial charge is 0.507 e. The van der Waals surface area contributed by atoms with Gasteiger partial charge in [0.15, 0.2) is 0 Å². The standard InChI is InChI=1S/C31H34N2O6/c1-4-19(14-20-8-5-6-11-26(20)34)12-13-27-28-23(18(2)3)16-24-29(25(28)17-39-27)31(36)32(30(24)35)21-9-7-10-22(15-21)33(37)38/h5-11,14-15,18,24-25,27,29,34H,4,12-13,16-17H2,1-3H3/b19-14+/t24-,25+,27-,29-/m1/s1. The third-order valence-corrected chi connectivity index (χ3v) is 8.42. The molecule has 8 heteroatoms. The van der Waals surface area contributed by atoms with Crippen LogP contribution in [0.5, 0.6) is 5.75 Å². The molecule has 1 N–H and O–H groups in total. The summed E-state index contributed by atoms with van der Waals surface area (Å²) in [4.78, 5) is 39.2. The van der Waals surface area contributed by atoms with E-state index in [1.165, 1.54) is 29.3 Å². The van der Waals surface area contributed by atoms with Gasteiger partial charge in [0.25, 0.3) is 5.69 Å². The van der Waals surface area contributed by atoms with Crippen LogP contribution >= 0.6 is 0 Å². The van der Waals surface area contributed by atoms with E-state index in [1.54, 1.807) is 18.2 Å². The molecule has 1 aliphatic carbocycles. The maximum Gasteiger partial charge on any atom is 0.271 e. The van der Waals surface area contributed by atoms with Crippen molar-refractivity contribution in [1.29, 1.82) is 0 Å². The number of allylic oxidation sites excluding steroid dienone is 2. The molecule has 8 nitrogen and oxygen atoms in total. The SMILES string of the molecule is CC/C(=C\c1ccccc1O)CC[C@H]1OC[C@H]2C1=C(C(C)C)C[C@H]1C(=O)N(c3cccc([N+](=O)[O-])c3)C(=O)[C@H]12. The molecule has 0 saturated carbocycles. The summed E-state index contributed by atoms with van der Waals surface area (Å²) in [5.41, 5.74) is 4.43. The Balaban J connectivity index is 1.41. The normalized spacial score (nSPS) is 24.9. The molecule has 5 rings (SSSR count). The Kier molecular flexibility index (Phi) is 7.40. The van der Waals surface area contributed by atoms with Gasteiger partial charge in [-0.1, -0.05) is 62.3 Å². The van der Waals surface area contributed by atoms with E-state index in [1.807, 2.05) is 18.2 Å². The molecule has 0 bridgehead atoms. The van der Waals surface area contributed by atoms with Gasteiger partial charge in [0.2, 0.25) is 11.8 Å². The zero-order valence-electron chi connectivity index (χ0n) is 22.5. The van der Waals surface area contributed by atoms with Crippen LogP contribution in [0.15, 0.2) is 65.3 Å². The van der Waals surface area contributed by atoms with Crippen LogP contribution in [0, 0.1) is 33.8 Å². The molecule has 2 aromatic rings. The number of phenolic OH excluding ortho intramolecular Hbond substituents is 1. The van der Waals surface area contributed by atoms with Crippen molar-refractivity contribution in [1.82, 2.24) is 0 Å². The second-order valence-electron chi connectivity index (χ2n) is 10.9. The summed E-state index contributed by atoms with van der Waals surface area (Å²) in [6.07, 6.45) is 4.78. The number of benzene rings is 2. The van der Waals surface area contributed by atoms with Crippen LogP contribution in [0.2, 0.25) is 0 Å². The van der Waals surface area contributed by atoms with Crippen molar-refractivity contribution in [3.8, 4) is 5.75 Å². The molecule has 0 spiro atoms. The van der Waals surface area contributed by atoms with Crippen LogP contribution < -0.4 is 4.90 Å². The summed E-state index contributed by atoms with van der Waals surface area (Å²) in [5.74, 6) is -1.33. The Bertz CT molecular complexity index is 1380. The first kappa shape index (κ1) is 26.8. The molecule has 204 valence electrons. The Hall–Kier alpha value is -3.78. The van der Waals surface area contributed by atoms with Crippen molar-refractivity contribution < 1.29 is 24.4 Å². The van der Waals surface area contributed by atoms with Gasteiger partial charge in [0.1, 0.15) is 5.75 Å². The average Bonchev–Trinajstić information content (AvgIpc) is 3.45. The second kappa shape index (κ2) is 10.8. The number of non-ortho nitro benzene ring substituents is 1. The van der Waals surface area contributed by atoms with E-state index in [-0.39, 0.29) is 46.9 Å². The number of amides is 2. The first-order valence-electron chi connectivity index (χ1n) is 13.6. The van der Waals surface area contributed by atoms with Gasteiger partial charge in [-0.05, 0) is 49.3 Å². The molecule has 39 heavy (non-hydrogen) atoms. The highest BCUT2D eigenvalue weighted by Crippen LogP contribution is 2.52. The van der Waals surface area contributed by atoms with Crippen molar-refractivity contribution in [2.75, 3.05) is 11.5 Å². The van der Waals surface area contributed by atoms with Crippen LogP contribution in [-0.4, -0.2) is 34.6 Å². The minimum absolute atomic E-state index is 0.137. The topological polar surface area (TPSA) is 110 Å². The molecule has 0 radical (unpaired) electrons. The first-order chi connectivity index (χ1) is 18.7. The maximum absolute atomic E-state index is 13.7. The van der Waals surface area contributed by atoms with Crippen molar-refractivity contribution in [3.05, 3.63) is 80.9 Å². The van der Waals surface area contributed by atoms with E-state index >= 15 is 0 Å². The van der Waals surface area contributed by atoms with E-state index in [4.69, 9.17) is 4.74 Å². The van der Waals surface area contributed by atoms with Crippen LogP contribution in [0.1, 0.15) is 52.0 Å². The van der Waals surface area contributed by atoms with Crippen molar-refractivity contribution >= 4 is 29.3 Å². The van der Waals surface area contributed by atoms with Gasteiger partial charge < -0.3 is 9.84 Å². The number of rotatable bonds is 8. The lowest BCUT2D eigenvalue weighted by molar-refractivity contribution is -0.384. The van der Waals surface area contributed by atoms with Gasteiger partial charge >= 0.3 is 0 Å². The molecule has 0 aromatic heterocycles. The molecule has 2 saturated heterocycles. The molecular formula is C31H34N2O6. The highest BCUT2D eigenvalue weighted by molar-refractivity contribution is 6.22. The van der Waals surface area contributed by atoms with Gasteiger partial charge in [0.05, 0.1) is 35.2 Å². The van der Waals surface area contributed by atoms with Crippen LogP contribution in [0.25, 0.3) is 6.08 Å². The predicted molar refractivity (Wildman–Crippen MR) is 148 cm³/mol. The quantitative estimate of drug-likeness (QED) is 0.193. The smallest absolute Gasteiger partial charge is 0.271 e. The number of anilines is 1. The third-order valence-electron chi connectivity index (χ3n) is 8.42. The number of para-hydroxylation sites is 1. The minimum Gasteiger partial charge on any atom is -0.507 e. The maximum atomic E-state index is 13.7. The van der Waals surface area contributed by atoms with E-state index in [0.29, 0.717) is 13.0 Å². The summed E-state index contributed by atoms with van der Waals surface area (Å²) in [7, 11) is 0. The minimum atomic E-state index is -0.526. The van der Waals surface area contributed by atoms with Gasteiger partial charge in [-0.15, -0.1) is 0 Å². The third kappa shape index (κ3) is 4.89. The molecular weight excluding hydrogens is 496 g/mol. The average molecular weight is 531 g/mol. The molecule has 2 aromatic carbocycles. The number of fused-ring (bicyclic) bond motifs is 3. The van der Waals surface area contributed by atoms with Gasteiger partial charge in [-0.3, -0.25) is 19.7 Å². The summed E-state index contributed by atoms with van der Waals surface area (Å²) < 4.78 is 6.33. The zero-order valence-corrected chi connectivity index (χ0v) is 22.5. The van der Waals surface area contributed by atoms with Gasteiger partial charge in [0, 0.05) is 23.6 Å². The molecule has 2 aliphatic heterocycles. The summed E-state index contributed by atoms with van der Waals surface area (Å²) in [6, 6.07) is 13.0. The lowest BCUT2D eigenvalue weighted by Crippen LogP contribution is -2.35. The van der Waals surface area contributed by atoms with Gasteiger partial charge in [-0.2, -0.15) is 0 Å². The summed E-state index contributed by atoms with van der Waals surface area (Å²) in [5, 5.41) is 21.5. The number of nitro benzene ring substituents is 1. The van der Waals surface area contributed by atoms with E-state index in [2.05, 4.69) is 20.8 Å². The van der Waals surface area contributed by atoms with Crippen LogP contribution in [0.4, 0.5) is 11.4 Å². The fourth-order valence-electron chi connectivity index (χ4n) is 6.46. The number of imide groups is 1. The molecule has 2 heterocycles. The lowest BCUT2D eigenvalue weighted by Gasteiger charge is -2.33. The summed E-state index contributed by atoms with van der Waals surface area (Å²) >= 11 is 0. The van der Waals surface area contributed by atoms with E-state index in [9.17, 15) is 24.8 Å². The predicted octanol–water partition coefficient (Wildman–Crippen LogP) is 6.05. The molecule has 2 amide bonds. The highest BCUT2D eigenvalue weighted by Gasteiger charge is 2.57. The number of phenols is 1. The van der Waals surface area contributed by atoms with E-state index < -0.39 is 16.8 Å². The van der Waals surface area contributed by atoms with Crippen molar-refractivity contribution in [2.24, 2.45) is 23.7 Å². The Morgan fingerprint density at radius 3 is 2.62 bits per heavy atom. The number of nitrogens with zero attached hydrogens (tertiary/aromatic N) is 2. The Morgan fingerprint density at radius 1 is 1.15 bits per heavy atom. The zero-order chi connectivity index (χ0) is 27.8. The van der Waals surface area contributed by atoms with Crippen molar-refractivity contribution in [3.63, 3.8) is 0 Å². The van der Waals surface area contributed by atoms with Crippen molar-refractivity contribution in [2.45, 2.75) is 52.6 Å². The number of nitro groups is 1. The molecule has 4 atom stereocenters. The molecule has 3 aliphatic rings. The fourth-order valence-corrected chi connectivity index (χ4v) is 6.46. The monoisotopic (exact) mass is 530 g/mol. The Labute approximate surface area is 228 Å². The van der Waals surface area contributed by atoms with Crippen LogP contribution in [-0.2, 0) is 14.3 Å². The lowest BCUT2D eigenvalue weighted by atomic mass is 9.67. The van der Waals surface area contributed by atoms with Crippen LogP contribution in [0.3, 0.4) is 0 Å². The number of carbonyl (C=O) groups excluding carboxylic acids is 2. The number of carbonyl (C=O) groups is 2. The fraction of sp³-hybridized carbons (Fsp3) is 0.419. The number of ether oxygens (including phenoxy) is 1. The number of hydrogen-bond donors (Lipinski definition) is 1. The van der Waals surface area contributed by atoms with E-state index in [0.717, 1.165) is 35.3 Å². The molecule has 0 unspecified atom stereocenters. The van der Waals surface area contributed by atoms with Gasteiger partial charge in [-0.25, -0.2) is 4.90 Å². The summed E-state index contributed by atoms with van der Waals surface area (Å²) in [6.45, 7) is 6.71.